The number of alkyl halides is 3. The third-order valence-electron chi connectivity index (χ3n) is 2.13. The summed E-state index contributed by atoms with van der Waals surface area (Å²) in [6.07, 6.45) is 3.19. The fraction of sp³-hybridized carbons (Fsp3) is 1.00. The molecule has 60 valence electrons. The van der Waals surface area contributed by atoms with Crippen LogP contribution in [0.2, 0.25) is 0 Å². The van der Waals surface area contributed by atoms with Crippen LogP contribution in [0.15, 0.2) is 0 Å². The maximum atomic E-state index is 12.7. The van der Waals surface area contributed by atoms with Crippen LogP contribution in [0.5, 0.6) is 0 Å². The van der Waals surface area contributed by atoms with E-state index >= 15 is 0 Å². The third kappa shape index (κ3) is 1.60. The molecule has 1 aliphatic rings. The predicted octanol–water partition coefficient (Wildman–Crippen LogP) is 3.05. The minimum atomic E-state index is -2.61. The molecule has 0 N–H and O–H groups in total. The summed E-state index contributed by atoms with van der Waals surface area (Å²) in [4.78, 5) is 0. The van der Waals surface area contributed by atoms with Gasteiger partial charge in [-0.15, -0.1) is 11.6 Å². The first-order valence-corrected chi connectivity index (χ1v) is 4.14. The average Bonchev–Trinajstić information content (AvgIpc) is 2.38. The Balaban J connectivity index is 2.45. The molecular formula is C7H11ClF2. The summed E-state index contributed by atoms with van der Waals surface area (Å²) < 4.78 is 25.5. The van der Waals surface area contributed by atoms with Gasteiger partial charge in [0.05, 0.1) is 5.88 Å². The van der Waals surface area contributed by atoms with Crippen LogP contribution in [0.4, 0.5) is 8.78 Å². The van der Waals surface area contributed by atoms with Gasteiger partial charge < -0.3 is 0 Å². The molecule has 0 unspecified atom stereocenters. The van der Waals surface area contributed by atoms with Gasteiger partial charge in [-0.25, -0.2) is 8.78 Å². The predicted molar refractivity (Wildman–Crippen MR) is 37.6 cm³/mol. The van der Waals surface area contributed by atoms with E-state index in [2.05, 4.69) is 0 Å². The van der Waals surface area contributed by atoms with Crippen molar-refractivity contribution in [2.75, 3.05) is 5.88 Å². The lowest BCUT2D eigenvalue weighted by Crippen LogP contribution is -2.27. The summed E-state index contributed by atoms with van der Waals surface area (Å²) in [5.74, 6) is -3.57. The molecule has 0 aliphatic heterocycles. The Morgan fingerprint density at radius 1 is 1.30 bits per heavy atom. The molecule has 0 atom stereocenters. The standard InChI is InChI=1S/C7H11ClF2/c8-5-7(9,10)6-3-1-2-4-6/h6H,1-5H2. The quantitative estimate of drug-likeness (QED) is 0.556. The second-order valence-corrected chi connectivity index (χ2v) is 3.14. The Bertz CT molecular complexity index is 108. The van der Waals surface area contributed by atoms with Crippen molar-refractivity contribution >= 4 is 11.6 Å². The molecule has 1 saturated carbocycles. The Morgan fingerprint density at radius 3 is 2.20 bits per heavy atom. The molecule has 0 spiro atoms. The van der Waals surface area contributed by atoms with Gasteiger partial charge in [-0.05, 0) is 12.8 Å². The van der Waals surface area contributed by atoms with Crippen LogP contribution < -0.4 is 0 Å². The minimum Gasteiger partial charge on any atom is -0.205 e. The van der Waals surface area contributed by atoms with Crippen molar-refractivity contribution in [3.05, 3.63) is 0 Å². The molecule has 0 aromatic heterocycles. The highest BCUT2D eigenvalue weighted by Crippen LogP contribution is 2.38. The molecule has 1 fully saturated rings. The summed E-state index contributed by atoms with van der Waals surface area (Å²) >= 11 is 5.12. The molecule has 0 aromatic carbocycles. The van der Waals surface area contributed by atoms with E-state index in [9.17, 15) is 8.78 Å². The van der Waals surface area contributed by atoms with Crippen LogP contribution in [-0.2, 0) is 0 Å². The Hall–Kier alpha value is 0.150. The van der Waals surface area contributed by atoms with Crippen molar-refractivity contribution in [3.63, 3.8) is 0 Å². The van der Waals surface area contributed by atoms with Gasteiger partial charge >= 0.3 is 0 Å². The van der Waals surface area contributed by atoms with Crippen LogP contribution in [0.3, 0.4) is 0 Å². The molecule has 1 aliphatic carbocycles. The zero-order valence-corrected chi connectivity index (χ0v) is 6.50. The summed E-state index contributed by atoms with van der Waals surface area (Å²) in [6.45, 7) is 0. The lowest BCUT2D eigenvalue weighted by Gasteiger charge is -2.19. The van der Waals surface area contributed by atoms with Crippen molar-refractivity contribution in [2.45, 2.75) is 31.6 Å². The number of hydrogen-bond acceptors (Lipinski definition) is 0. The van der Waals surface area contributed by atoms with Crippen molar-refractivity contribution in [2.24, 2.45) is 5.92 Å². The fourth-order valence-electron chi connectivity index (χ4n) is 1.46. The van der Waals surface area contributed by atoms with E-state index in [1.165, 1.54) is 0 Å². The molecule has 0 aromatic rings. The lowest BCUT2D eigenvalue weighted by molar-refractivity contribution is -0.0330. The highest BCUT2D eigenvalue weighted by atomic mass is 35.5. The SMILES string of the molecule is FC(F)(CCl)C1CCCC1. The molecule has 0 bridgehead atoms. The summed E-state index contributed by atoms with van der Waals surface area (Å²) in [5.41, 5.74) is 0. The molecule has 3 heteroatoms. The van der Waals surface area contributed by atoms with E-state index in [1.807, 2.05) is 0 Å². The molecule has 0 amide bonds. The largest absolute Gasteiger partial charge is 0.264 e. The van der Waals surface area contributed by atoms with Gasteiger partial charge in [0.2, 0.25) is 0 Å². The van der Waals surface area contributed by atoms with Crippen LogP contribution in [0.1, 0.15) is 25.7 Å². The average molecular weight is 169 g/mol. The minimum absolute atomic E-state index is 0.440. The van der Waals surface area contributed by atoms with E-state index in [1.54, 1.807) is 0 Å². The monoisotopic (exact) mass is 168 g/mol. The molecular weight excluding hydrogens is 158 g/mol. The van der Waals surface area contributed by atoms with Gasteiger partial charge in [0, 0.05) is 5.92 Å². The van der Waals surface area contributed by atoms with Crippen LogP contribution in [0, 0.1) is 5.92 Å². The fourth-order valence-corrected chi connectivity index (χ4v) is 1.68. The van der Waals surface area contributed by atoms with Gasteiger partial charge in [0.1, 0.15) is 0 Å². The molecule has 1 rings (SSSR count). The van der Waals surface area contributed by atoms with Gasteiger partial charge in [-0.3, -0.25) is 0 Å². The lowest BCUT2D eigenvalue weighted by atomic mass is 10.0. The molecule has 0 nitrogen and oxygen atoms in total. The van der Waals surface area contributed by atoms with Gasteiger partial charge in [-0.1, -0.05) is 12.8 Å². The smallest absolute Gasteiger partial charge is 0.205 e. The first-order valence-electron chi connectivity index (χ1n) is 3.60. The summed E-state index contributed by atoms with van der Waals surface area (Å²) in [7, 11) is 0. The number of halogens is 3. The van der Waals surface area contributed by atoms with E-state index in [4.69, 9.17) is 11.6 Å². The number of rotatable bonds is 2. The van der Waals surface area contributed by atoms with Crippen molar-refractivity contribution in [1.29, 1.82) is 0 Å². The third-order valence-corrected chi connectivity index (χ3v) is 2.49. The summed E-state index contributed by atoms with van der Waals surface area (Å²) in [5, 5.41) is 0. The van der Waals surface area contributed by atoms with Crippen molar-refractivity contribution in [3.8, 4) is 0 Å². The van der Waals surface area contributed by atoms with Crippen molar-refractivity contribution in [1.82, 2.24) is 0 Å². The van der Waals surface area contributed by atoms with Gasteiger partial charge in [0.15, 0.2) is 0 Å². The van der Waals surface area contributed by atoms with Gasteiger partial charge in [-0.2, -0.15) is 0 Å². The van der Waals surface area contributed by atoms with E-state index in [0.29, 0.717) is 12.8 Å². The van der Waals surface area contributed by atoms with E-state index < -0.39 is 17.7 Å². The Labute approximate surface area is 64.6 Å². The first kappa shape index (κ1) is 8.25. The van der Waals surface area contributed by atoms with E-state index in [-0.39, 0.29) is 0 Å². The maximum Gasteiger partial charge on any atom is 0.264 e. The molecule has 0 heterocycles. The van der Waals surface area contributed by atoms with Crippen LogP contribution in [-0.4, -0.2) is 11.8 Å². The molecule has 0 saturated heterocycles. The zero-order chi connectivity index (χ0) is 7.61. The van der Waals surface area contributed by atoms with Crippen LogP contribution in [0.25, 0.3) is 0 Å². The first-order chi connectivity index (χ1) is 4.67. The highest BCUT2D eigenvalue weighted by Gasteiger charge is 2.39. The van der Waals surface area contributed by atoms with E-state index in [0.717, 1.165) is 12.8 Å². The molecule has 10 heavy (non-hydrogen) atoms. The van der Waals surface area contributed by atoms with Gasteiger partial charge in [0.25, 0.3) is 5.92 Å². The van der Waals surface area contributed by atoms with Crippen LogP contribution >= 0.6 is 11.6 Å². The Kier molecular flexibility index (Phi) is 2.50. The Morgan fingerprint density at radius 2 is 1.80 bits per heavy atom. The summed E-state index contributed by atoms with van der Waals surface area (Å²) in [6, 6.07) is 0. The number of hydrogen-bond donors (Lipinski definition) is 0. The normalized spacial score (nSPS) is 21.9. The maximum absolute atomic E-state index is 12.7. The second-order valence-electron chi connectivity index (χ2n) is 2.88. The zero-order valence-electron chi connectivity index (χ0n) is 5.75. The highest BCUT2D eigenvalue weighted by molar-refractivity contribution is 6.18. The second kappa shape index (κ2) is 3.04. The topological polar surface area (TPSA) is 0 Å². The van der Waals surface area contributed by atoms with Crippen molar-refractivity contribution < 1.29 is 8.78 Å². The molecule has 0 radical (unpaired) electrons.